The van der Waals surface area contributed by atoms with E-state index in [-0.39, 0.29) is 24.4 Å². The molecule has 0 atom stereocenters. The summed E-state index contributed by atoms with van der Waals surface area (Å²) in [4.78, 5) is 33.1. The van der Waals surface area contributed by atoms with Crippen LogP contribution in [0.3, 0.4) is 0 Å². The molecule has 0 spiro atoms. The van der Waals surface area contributed by atoms with Gasteiger partial charge in [0.15, 0.2) is 11.6 Å². The standard InChI is InChI=1S/C20H16N2O2/c23-19(13-17-8-1-3-10-21-17)15-6-5-7-16(12-15)20(24)14-18-9-2-4-11-22-18/h1-12H,13-14H2. The first-order valence-corrected chi connectivity index (χ1v) is 7.68. The highest BCUT2D eigenvalue weighted by Crippen LogP contribution is 2.11. The molecule has 118 valence electrons. The monoisotopic (exact) mass is 316 g/mol. The molecule has 24 heavy (non-hydrogen) atoms. The molecule has 0 saturated heterocycles. The summed E-state index contributed by atoms with van der Waals surface area (Å²) in [6.45, 7) is 0. The summed E-state index contributed by atoms with van der Waals surface area (Å²) in [6.07, 6.45) is 3.77. The van der Waals surface area contributed by atoms with E-state index in [1.807, 2.05) is 36.4 Å². The number of Topliss-reactive ketones (excluding diaryl/α,β-unsaturated/α-hetero) is 2. The van der Waals surface area contributed by atoms with E-state index in [0.717, 1.165) is 0 Å². The zero-order chi connectivity index (χ0) is 16.8. The Kier molecular flexibility index (Phi) is 4.87. The normalized spacial score (nSPS) is 10.3. The van der Waals surface area contributed by atoms with Gasteiger partial charge in [-0.1, -0.05) is 30.3 Å². The molecule has 0 bridgehead atoms. The van der Waals surface area contributed by atoms with E-state index in [9.17, 15) is 9.59 Å². The van der Waals surface area contributed by atoms with E-state index < -0.39 is 0 Å². The van der Waals surface area contributed by atoms with Crippen LogP contribution >= 0.6 is 0 Å². The van der Waals surface area contributed by atoms with Gasteiger partial charge in [0.2, 0.25) is 0 Å². The summed E-state index contributed by atoms with van der Waals surface area (Å²) in [5.74, 6) is -0.109. The molecule has 0 aliphatic heterocycles. The van der Waals surface area contributed by atoms with E-state index >= 15 is 0 Å². The summed E-state index contributed by atoms with van der Waals surface area (Å²) in [6, 6.07) is 17.8. The largest absolute Gasteiger partial charge is 0.294 e. The minimum atomic E-state index is -0.0545. The molecule has 2 aromatic heterocycles. The summed E-state index contributed by atoms with van der Waals surface area (Å²) in [5.41, 5.74) is 2.47. The van der Waals surface area contributed by atoms with Gasteiger partial charge < -0.3 is 0 Å². The van der Waals surface area contributed by atoms with Gasteiger partial charge in [0, 0.05) is 34.9 Å². The molecule has 0 amide bonds. The van der Waals surface area contributed by atoms with Crippen molar-refractivity contribution >= 4 is 11.6 Å². The van der Waals surface area contributed by atoms with Crippen LogP contribution < -0.4 is 0 Å². The van der Waals surface area contributed by atoms with Crippen LogP contribution in [0, 0.1) is 0 Å². The van der Waals surface area contributed by atoms with E-state index in [1.165, 1.54) is 0 Å². The SMILES string of the molecule is O=C(Cc1ccccn1)c1cccc(C(=O)Cc2ccccn2)c1. The first-order valence-electron chi connectivity index (χ1n) is 7.68. The molecular weight excluding hydrogens is 300 g/mol. The van der Waals surface area contributed by atoms with Crippen molar-refractivity contribution in [2.75, 3.05) is 0 Å². The lowest BCUT2D eigenvalue weighted by Crippen LogP contribution is -2.09. The predicted molar refractivity (Wildman–Crippen MR) is 91.0 cm³/mol. The molecule has 4 heteroatoms. The first kappa shape index (κ1) is 15.7. The van der Waals surface area contributed by atoms with Gasteiger partial charge in [-0.25, -0.2) is 0 Å². The fraction of sp³-hybridized carbons (Fsp3) is 0.100. The number of carbonyl (C=O) groups excluding carboxylic acids is 2. The van der Waals surface area contributed by atoms with Gasteiger partial charge in [0.05, 0.1) is 12.8 Å². The fourth-order valence-electron chi connectivity index (χ4n) is 2.40. The highest BCUT2D eigenvalue weighted by Gasteiger charge is 2.12. The van der Waals surface area contributed by atoms with Gasteiger partial charge >= 0.3 is 0 Å². The van der Waals surface area contributed by atoms with Gasteiger partial charge in [-0.2, -0.15) is 0 Å². The van der Waals surface area contributed by atoms with Crippen LogP contribution in [-0.2, 0) is 12.8 Å². The van der Waals surface area contributed by atoms with Crippen molar-refractivity contribution in [3.8, 4) is 0 Å². The molecular formula is C20H16N2O2. The molecule has 0 aliphatic rings. The Morgan fingerprint density at radius 2 is 1.17 bits per heavy atom. The quantitative estimate of drug-likeness (QED) is 0.655. The Labute approximate surface area is 140 Å². The van der Waals surface area contributed by atoms with Crippen LogP contribution in [0.25, 0.3) is 0 Å². The molecule has 0 fully saturated rings. The van der Waals surface area contributed by atoms with E-state index in [2.05, 4.69) is 9.97 Å². The van der Waals surface area contributed by atoms with Crippen LogP contribution in [0.4, 0.5) is 0 Å². The van der Waals surface area contributed by atoms with Crippen LogP contribution in [0.5, 0.6) is 0 Å². The summed E-state index contributed by atoms with van der Waals surface area (Å²) < 4.78 is 0. The Balaban J connectivity index is 1.74. The van der Waals surface area contributed by atoms with E-state index in [1.54, 1.807) is 36.7 Å². The van der Waals surface area contributed by atoms with Gasteiger partial charge in [0.1, 0.15) is 0 Å². The second-order valence-electron chi connectivity index (χ2n) is 5.42. The van der Waals surface area contributed by atoms with Crippen molar-refractivity contribution in [2.45, 2.75) is 12.8 Å². The Morgan fingerprint density at radius 3 is 1.58 bits per heavy atom. The maximum Gasteiger partial charge on any atom is 0.168 e. The van der Waals surface area contributed by atoms with E-state index in [0.29, 0.717) is 22.5 Å². The van der Waals surface area contributed by atoms with Crippen molar-refractivity contribution in [3.63, 3.8) is 0 Å². The van der Waals surface area contributed by atoms with Crippen LogP contribution in [0.1, 0.15) is 32.1 Å². The average Bonchev–Trinajstić information content (AvgIpc) is 2.63. The maximum atomic E-state index is 12.4. The lowest BCUT2D eigenvalue weighted by atomic mass is 10.00. The average molecular weight is 316 g/mol. The lowest BCUT2D eigenvalue weighted by Gasteiger charge is -2.05. The number of hydrogen-bond donors (Lipinski definition) is 0. The molecule has 3 rings (SSSR count). The number of hydrogen-bond acceptors (Lipinski definition) is 4. The number of rotatable bonds is 6. The van der Waals surface area contributed by atoms with Crippen molar-refractivity contribution in [1.29, 1.82) is 0 Å². The zero-order valence-corrected chi connectivity index (χ0v) is 13.1. The molecule has 0 N–H and O–H groups in total. The number of benzene rings is 1. The van der Waals surface area contributed by atoms with E-state index in [4.69, 9.17) is 0 Å². The zero-order valence-electron chi connectivity index (χ0n) is 13.1. The second-order valence-corrected chi connectivity index (χ2v) is 5.42. The first-order chi connectivity index (χ1) is 11.7. The Hall–Kier alpha value is -3.14. The van der Waals surface area contributed by atoms with Crippen molar-refractivity contribution < 1.29 is 9.59 Å². The summed E-state index contributed by atoms with van der Waals surface area (Å²) in [5, 5.41) is 0. The molecule has 3 aromatic rings. The third-order valence-corrected chi connectivity index (χ3v) is 3.64. The minimum absolute atomic E-state index is 0.0545. The smallest absolute Gasteiger partial charge is 0.168 e. The predicted octanol–water partition coefficient (Wildman–Crippen LogP) is 3.33. The Bertz CT molecular complexity index is 777. The highest BCUT2D eigenvalue weighted by atomic mass is 16.1. The molecule has 0 radical (unpaired) electrons. The number of nitrogens with zero attached hydrogens (tertiary/aromatic N) is 2. The summed E-state index contributed by atoms with van der Waals surface area (Å²) >= 11 is 0. The molecule has 4 nitrogen and oxygen atoms in total. The van der Waals surface area contributed by atoms with Gasteiger partial charge in [-0.3, -0.25) is 19.6 Å². The topological polar surface area (TPSA) is 59.9 Å². The minimum Gasteiger partial charge on any atom is -0.294 e. The molecule has 0 saturated carbocycles. The Morgan fingerprint density at radius 1 is 0.667 bits per heavy atom. The molecule has 1 aromatic carbocycles. The third-order valence-electron chi connectivity index (χ3n) is 3.64. The fourth-order valence-corrected chi connectivity index (χ4v) is 2.40. The van der Waals surface area contributed by atoms with Crippen molar-refractivity contribution in [1.82, 2.24) is 9.97 Å². The third kappa shape index (κ3) is 3.98. The van der Waals surface area contributed by atoms with Crippen molar-refractivity contribution in [2.24, 2.45) is 0 Å². The molecule has 0 aliphatic carbocycles. The van der Waals surface area contributed by atoms with Crippen LogP contribution in [0.15, 0.2) is 73.1 Å². The molecule has 2 heterocycles. The van der Waals surface area contributed by atoms with Gasteiger partial charge in [0.25, 0.3) is 0 Å². The van der Waals surface area contributed by atoms with Crippen LogP contribution in [0.2, 0.25) is 0 Å². The number of pyridine rings is 2. The lowest BCUT2D eigenvalue weighted by molar-refractivity contribution is 0.0990. The number of aromatic nitrogens is 2. The summed E-state index contributed by atoms with van der Waals surface area (Å²) in [7, 11) is 0. The van der Waals surface area contributed by atoms with Gasteiger partial charge in [-0.15, -0.1) is 0 Å². The highest BCUT2D eigenvalue weighted by molar-refractivity contribution is 6.02. The van der Waals surface area contributed by atoms with Gasteiger partial charge in [-0.05, 0) is 30.3 Å². The second kappa shape index (κ2) is 7.42. The maximum absolute atomic E-state index is 12.4. The molecule has 0 unspecified atom stereocenters. The van der Waals surface area contributed by atoms with Crippen LogP contribution in [-0.4, -0.2) is 21.5 Å². The number of ketones is 2. The number of carbonyl (C=O) groups is 2. The van der Waals surface area contributed by atoms with Crippen molar-refractivity contribution in [3.05, 3.63) is 95.6 Å².